The fourth-order valence-electron chi connectivity index (χ4n) is 1.43. The maximum absolute atomic E-state index is 11.8. The Morgan fingerprint density at radius 2 is 2.39 bits per heavy atom. The van der Waals surface area contributed by atoms with Crippen molar-refractivity contribution in [2.75, 3.05) is 11.9 Å². The highest BCUT2D eigenvalue weighted by Gasteiger charge is 2.09. The molecule has 2 rings (SSSR count). The van der Waals surface area contributed by atoms with Gasteiger partial charge in [-0.2, -0.15) is 0 Å². The lowest BCUT2D eigenvalue weighted by atomic mass is 10.3. The summed E-state index contributed by atoms with van der Waals surface area (Å²) in [7, 11) is 0. The van der Waals surface area contributed by atoms with Gasteiger partial charge in [0.25, 0.3) is 0 Å². The number of imidazole rings is 1. The molecule has 0 aliphatic heterocycles. The van der Waals surface area contributed by atoms with Crippen LogP contribution in [0.4, 0.5) is 10.5 Å². The van der Waals surface area contributed by atoms with Crippen LogP contribution in [-0.2, 0) is 0 Å². The standard InChI is InChI=1S/C12H12ClN3O2/c1-2-18-11-7-9(13)3-4-10(11)15-12(17)16-6-5-14-8-16/h3-8H,2H2,1H3,(H,15,17). The van der Waals surface area contributed by atoms with Gasteiger partial charge in [0.05, 0.1) is 12.3 Å². The smallest absolute Gasteiger partial charge is 0.331 e. The van der Waals surface area contributed by atoms with E-state index >= 15 is 0 Å². The van der Waals surface area contributed by atoms with Crippen LogP contribution in [0.2, 0.25) is 5.02 Å². The number of ether oxygens (including phenoxy) is 1. The molecule has 0 saturated carbocycles. The third kappa shape index (κ3) is 2.81. The van der Waals surface area contributed by atoms with Crippen molar-refractivity contribution >= 4 is 23.3 Å². The fourth-order valence-corrected chi connectivity index (χ4v) is 1.60. The van der Waals surface area contributed by atoms with Crippen LogP contribution in [0.5, 0.6) is 5.75 Å². The van der Waals surface area contributed by atoms with Crippen molar-refractivity contribution < 1.29 is 9.53 Å². The number of anilines is 1. The molecule has 18 heavy (non-hydrogen) atoms. The lowest BCUT2D eigenvalue weighted by Crippen LogP contribution is -2.18. The second kappa shape index (κ2) is 5.55. The van der Waals surface area contributed by atoms with Crippen molar-refractivity contribution in [3.63, 3.8) is 0 Å². The minimum absolute atomic E-state index is 0.309. The molecule has 6 heteroatoms. The Morgan fingerprint density at radius 1 is 1.56 bits per heavy atom. The second-order valence-corrected chi connectivity index (χ2v) is 3.91. The van der Waals surface area contributed by atoms with Gasteiger partial charge in [-0.05, 0) is 19.1 Å². The number of nitrogens with one attached hydrogen (secondary N) is 1. The molecule has 1 aromatic heterocycles. The van der Waals surface area contributed by atoms with Gasteiger partial charge < -0.3 is 10.1 Å². The number of aromatic nitrogens is 2. The number of nitrogens with zero attached hydrogens (tertiary/aromatic N) is 2. The maximum atomic E-state index is 11.8. The van der Waals surface area contributed by atoms with Gasteiger partial charge in [-0.1, -0.05) is 11.6 Å². The predicted octanol–water partition coefficient (Wildman–Crippen LogP) is 3.02. The van der Waals surface area contributed by atoms with E-state index in [1.54, 1.807) is 24.4 Å². The van der Waals surface area contributed by atoms with Crippen LogP contribution in [0.25, 0.3) is 0 Å². The monoisotopic (exact) mass is 265 g/mol. The first-order chi connectivity index (χ1) is 8.70. The Morgan fingerprint density at radius 3 is 3.06 bits per heavy atom. The topological polar surface area (TPSA) is 56.1 Å². The summed E-state index contributed by atoms with van der Waals surface area (Å²) < 4.78 is 6.75. The highest BCUT2D eigenvalue weighted by Crippen LogP contribution is 2.28. The molecule has 0 atom stereocenters. The zero-order valence-corrected chi connectivity index (χ0v) is 10.5. The molecular formula is C12H12ClN3O2. The molecule has 1 heterocycles. The molecule has 2 aromatic rings. The van der Waals surface area contributed by atoms with Gasteiger partial charge in [-0.3, -0.25) is 4.57 Å². The van der Waals surface area contributed by atoms with Gasteiger partial charge in [0, 0.05) is 23.5 Å². The van der Waals surface area contributed by atoms with Crippen LogP contribution in [0.3, 0.4) is 0 Å². The van der Waals surface area contributed by atoms with Gasteiger partial charge in [-0.15, -0.1) is 0 Å². The number of amides is 1. The van der Waals surface area contributed by atoms with E-state index in [2.05, 4.69) is 10.3 Å². The first-order valence-electron chi connectivity index (χ1n) is 5.42. The number of benzene rings is 1. The Balaban J connectivity index is 2.20. The summed E-state index contributed by atoms with van der Waals surface area (Å²) in [6, 6.07) is 4.74. The zero-order chi connectivity index (χ0) is 13.0. The molecule has 0 spiro atoms. The summed E-state index contributed by atoms with van der Waals surface area (Å²) in [6.07, 6.45) is 4.52. The Bertz CT molecular complexity index is 540. The molecule has 0 aliphatic rings. The highest BCUT2D eigenvalue weighted by molar-refractivity contribution is 6.30. The quantitative estimate of drug-likeness (QED) is 0.928. The van der Waals surface area contributed by atoms with Gasteiger partial charge in [0.2, 0.25) is 0 Å². The van der Waals surface area contributed by atoms with Crippen molar-refractivity contribution in [1.82, 2.24) is 9.55 Å². The average Bonchev–Trinajstić information content (AvgIpc) is 2.86. The summed E-state index contributed by atoms with van der Waals surface area (Å²) >= 11 is 5.88. The number of halogens is 1. The van der Waals surface area contributed by atoms with Crippen LogP contribution in [0.1, 0.15) is 6.92 Å². The molecular weight excluding hydrogens is 254 g/mol. The fraction of sp³-hybridized carbons (Fsp3) is 0.167. The Kier molecular flexibility index (Phi) is 3.84. The van der Waals surface area contributed by atoms with Crippen molar-refractivity contribution in [2.24, 2.45) is 0 Å². The third-order valence-electron chi connectivity index (χ3n) is 2.22. The zero-order valence-electron chi connectivity index (χ0n) is 9.76. The molecule has 1 N–H and O–H groups in total. The van der Waals surface area contributed by atoms with Crippen LogP contribution in [0, 0.1) is 0 Å². The molecule has 0 radical (unpaired) electrons. The van der Waals surface area contributed by atoms with E-state index in [1.807, 2.05) is 6.92 Å². The summed E-state index contributed by atoms with van der Waals surface area (Å²) in [4.78, 5) is 15.6. The lowest BCUT2D eigenvalue weighted by molar-refractivity contribution is 0.253. The molecule has 94 valence electrons. The number of carbonyl (C=O) groups is 1. The van der Waals surface area contributed by atoms with E-state index in [1.165, 1.54) is 17.1 Å². The van der Waals surface area contributed by atoms with E-state index in [4.69, 9.17) is 16.3 Å². The number of hydrogen-bond donors (Lipinski definition) is 1. The van der Waals surface area contributed by atoms with E-state index in [0.717, 1.165) is 0 Å². The van der Waals surface area contributed by atoms with E-state index in [9.17, 15) is 4.79 Å². The van der Waals surface area contributed by atoms with Gasteiger partial charge >= 0.3 is 6.03 Å². The van der Waals surface area contributed by atoms with Gasteiger partial charge in [0.1, 0.15) is 12.1 Å². The summed E-state index contributed by atoms with van der Waals surface area (Å²) in [5.74, 6) is 0.540. The highest BCUT2D eigenvalue weighted by atomic mass is 35.5. The second-order valence-electron chi connectivity index (χ2n) is 3.47. The Hall–Kier alpha value is -2.01. The SMILES string of the molecule is CCOc1cc(Cl)ccc1NC(=O)n1ccnc1. The summed E-state index contributed by atoms with van der Waals surface area (Å²) in [5.41, 5.74) is 0.569. The number of carbonyl (C=O) groups excluding carboxylic acids is 1. The Labute approximate surface area is 109 Å². The molecule has 1 aromatic carbocycles. The molecule has 0 aliphatic carbocycles. The number of hydrogen-bond acceptors (Lipinski definition) is 3. The normalized spacial score (nSPS) is 10.1. The van der Waals surface area contributed by atoms with E-state index in [0.29, 0.717) is 23.1 Å². The minimum Gasteiger partial charge on any atom is -0.492 e. The molecule has 0 unspecified atom stereocenters. The van der Waals surface area contributed by atoms with Gasteiger partial charge in [-0.25, -0.2) is 9.78 Å². The van der Waals surface area contributed by atoms with Crippen molar-refractivity contribution in [3.8, 4) is 5.75 Å². The van der Waals surface area contributed by atoms with Gasteiger partial charge in [0.15, 0.2) is 0 Å². The van der Waals surface area contributed by atoms with Crippen LogP contribution >= 0.6 is 11.6 Å². The van der Waals surface area contributed by atoms with E-state index < -0.39 is 0 Å². The molecule has 0 bridgehead atoms. The van der Waals surface area contributed by atoms with Crippen LogP contribution in [-0.4, -0.2) is 22.2 Å². The molecule has 0 saturated heterocycles. The largest absolute Gasteiger partial charge is 0.492 e. The van der Waals surface area contributed by atoms with Crippen LogP contribution in [0.15, 0.2) is 36.9 Å². The maximum Gasteiger partial charge on any atom is 0.331 e. The summed E-state index contributed by atoms with van der Waals surface area (Å²) in [6.45, 7) is 2.36. The van der Waals surface area contributed by atoms with Crippen LogP contribution < -0.4 is 10.1 Å². The third-order valence-corrected chi connectivity index (χ3v) is 2.46. The van der Waals surface area contributed by atoms with Crippen molar-refractivity contribution in [3.05, 3.63) is 41.9 Å². The molecule has 0 fully saturated rings. The summed E-state index contributed by atoms with van der Waals surface area (Å²) in [5, 5.41) is 3.28. The first kappa shape index (κ1) is 12.4. The van der Waals surface area contributed by atoms with Crippen molar-refractivity contribution in [1.29, 1.82) is 0 Å². The lowest BCUT2D eigenvalue weighted by Gasteiger charge is -2.11. The van der Waals surface area contributed by atoms with E-state index in [-0.39, 0.29) is 6.03 Å². The first-order valence-corrected chi connectivity index (χ1v) is 5.80. The molecule has 1 amide bonds. The molecule has 5 nitrogen and oxygen atoms in total. The average molecular weight is 266 g/mol. The predicted molar refractivity (Wildman–Crippen MR) is 69.3 cm³/mol. The number of rotatable bonds is 3. The minimum atomic E-state index is -0.309. The van der Waals surface area contributed by atoms with Crippen molar-refractivity contribution in [2.45, 2.75) is 6.92 Å².